The molecule has 1 rings (SSSR count). The lowest BCUT2D eigenvalue weighted by Crippen LogP contribution is -2.39. The highest BCUT2D eigenvalue weighted by Crippen LogP contribution is 2.17. The lowest BCUT2D eigenvalue weighted by Gasteiger charge is -2.22. The molecule has 0 aromatic heterocycles. The molecule has 1 fully saturated rings. The Morgan fingerprint density at radius 3 is 2.57 bits per heavy atom. The summed E-state index contributed by atoms with van der Waals surface area (Å²) in [4.78, 5) is 11.6. The zero-order chi connectivity index (χ0) is 10.8. The highest BCUT2D eigenvalue weighted by Gasteiger charge is 2.30. The highest BCUT2D eigenvalue weighted by molar-refractivity contribution is 5.76. The van der Waals surface area contributed by atoms with Crippen molar-refractivity contribution in [3.05, 3.63) is 12.7 Å². The number of hydrogen-bond acceptors (Lipinski definition) is 3. The fourth-order valence-corrected chi connectivity index (χ4v) is 1.52. The molecule has 1 N–H and O–H groups in total. The second-order valence-corrected chi connectivity index (χ2v) is 4.67. The summed E-state index contributed by atoms with van der Waals surface area (Å²) in [6.45, 7) is 9.34. The molecule has 3 heteroatoms. The van der Waals surface area contributed by atoms with Gasteiger partial charge in [-0.15, -0.1) is 6.58 Å². The van der Waals surface area contributed by atoms with Crippen molar-refractivity contribution in [3.63, 3.8) is 0 Å². The summed E-state index contributed by atoms with van der Waals surface area (Å²) >= 11 is 0. The Balaban J connectivity index is 2.43. The number of rotatable bonds is 2. The molecule has 0 aromatic carbocycles. The summed E-state index contributed by atoms with van der Waals surface area (Å²) in [6, 6.07) is 0.102. The molecule has 1 heterocycles. The van der Waals surface area contributed by atoms with Gasteiger partial charge in [0.1, 0.15) is 11.6 Å². The van der Waals surface area contributed by atoms with Crippen LogP contribution >= 0.6 is 0 Å². The van der Waals surface area contributed by atoms with Gasteiger partial charge in [-0.2, -0.15) is 0 Å². The van der Waals surface area contributed by atoms with E-state index in [1.54, 1.807) is 0 Å². The Kier molecular flexibility index (Phi) is 3.32. The normalized spacial score (nSPS) is 27.4. The van der Waals surface area contributed by atoms with E-state index in [0.29, 0.717) is 0 Å². The van der Waals surface area contributed by atoms with E-state index in [4.69, 9.17) is 4.74 Å². The third-order valence-corrected chi connectivity index (χ3v) is 2.16. The standard InChI is InChI=1S/C11H19NO2/c1-5-8-6-7-9(12-8)10(13)14-11(2,3)4/h5,8-9,12H,1,6-7H2,2-4H3/t8?,9-/m0/s1. The first-order valence-corrected chi connectivity index (χ1v) is 5.04. The molecule has 1 saturated heterocycles. The van der Waals surface area contributed by atoms with Crippen molar-refractivity contribution in [2.75, 3.05) is 0 Å². The van der Waals surface area contributed by atoms with Gasteiger partial charge in [0, 0.05) is 6.04 Å². The lowest BCUT2D eigenvalue weighted by atomic mass is 10.1. The van der Waals surface area contributed by atoms with Crippen LogP contribution in [0.1, 0.15) is 33.6 Å². The van der Waals surface area contributed by atoms with E-state index >= 15 is 0 Å². The SMILES string of the molecule is C=CC1CC[C@@H](C(=O)OC(C)(C)C)N1. The molecule has 0 bridgehead atoms. The molecule has 0 spiro atoms. The van der Waals surface area contributed by atoms with Gasteiger partial charge in [-0.1, -0.05) is 6.08 Å². The molecule has 1 aliphatic heterocycles. The van der Waals surface area contributed by atoms with Crippen molar-refractivity contribution >= 4 is 5.97 Å². The molecule has 0 amide bonds. The van der Waals surface area contributed by atoms with Crippen molar-refractivity contribution in [1.82, 2.24) is 5.32 Å². The van der Waals surface area contributed by atoms with Crippen LogP contribution < -0.4 is 5.32 Å². The Bertz CT molecular complexity index is 230. The summed E-state index contributed by atoms with van der Waals surface area (Å²) in [7, 11) is 0. The number of carbonyl (C=O) groups is 1. The van der Waals surface area contributed by atoms with Crippen LogP contribution in [0.2, 0.25) is 0 Å². The van der Waals surface area contributed by atoms with Gasteiger partial charge in [0.25, 0.3) is 0 Å². The van der Waals surface area contributed by atoms with Gasteiger partial charge < -0.3 is 4.74 Å². The molecule has 1 aliphatic rings. The van der Waals surface area contributed by atoms with E-state index < -0.39 is 5.60 Å². The topological polar surface area (TPSA) is 38.3 Å². The maximum Gasteiger partial charge on any atom is 0.323 e. The predicted octanol–water partition coefficient (Wildman–Crippen LogP) is 1.63. The molecular weight excluding hydrogens is 178 g/mol. The smallest absolute Gasteiger partial charge is 0.323 e. The third kappa shape index (κ3) is 3.14. The molecule has 80 valence electrons. The first-order valence-electron chi connectivity index (χ1n) is 5.04. The van der Waals surface area contributed by atoms with E-state index in [2.05, 4.69) is 11.9 Å². The van der Waals surface area contributed by atoms with Crippen LogP contribution in [-0.4, -0.2) is 23.7 Å². The zero-order valence-corrected chi connectivity index (χ0v) is 9.17. The average molecular weight is 197 g/mol. The van der Waals surface area contributed by atoms with Crippen LogP contribution in [-0.2, 0) is 9.53 Å². The highest BCUT2D eigenvalue weighted by atomic mass is 16.6. The van der Waals surface area contributed by atoms with Gasteiger partial charge in [-0.05, 0) is 33.6 Å². The summed E-state index contributed by atoms with van der Waals surface area (Å²) in [5.41, 5.74) is -0.398. The van der Waals surface area contributed by atoms with E-state index in [1.165, 1.54) is 0 Å². The zero-order valence-electron chi connectivity index (χ0n) is 9.17. The largest absolute Gasteiger partial charge is 0.459 e. The second-order valence-electron chi connectivity index (χ2n) is 4.67. The van der Waals surface area contributed by atoms with Crippen molar-refractivity contribution < 1.29 is 9.53 Å². The first kappa shape index (κ1) is 11.2. The molecule has 0 aromatic rings. The molecule has 0 aliphatic carbocycles. The monoisotopic (exact) mass is 197 g/mol. The minimum atomic E-state index is -0.398. The molecular formula is C11H19NO2. The molecule has 14 heavy (non-hydrogen) atoms. The van der Waals surface area contributed by atoms with Crippen molar-refractivity contribution in [1.29, 1.82) is 0 Å². The molecule has 0 saturated carbocycles. The number of ether oxygens (including phenoxy) is 1. The number of hydrogen-bond donors (Lipinski definition) is 1. The van der Waals surface area contributed by atoms with Crippen LogP contribution in [0.4, 0.5) is 0 Å². The van der Waals surface area contributed by atoms with Crippen LogP contribution in [0, 0.1) is 0 Å². The van der Waals surface area contributed by atoms with E-state index in [0.717, 1.165) is 12.8 Å². The Labute approximate surface area is 85.5 Å². The molecule has 1 unspecified atom stereocenters. The number of carbonyl (C=O) groups excluding carboxylic acids is 1. The summed E-state index contributed by atoms with van der Waals surface area (Å²) in [6.07, 6.45) is 3.64. The Hall–Kier alpha value is -0.830. The van der Waals surface area contributed by atoms with Gasteiger partial charge in [-0.3, -0.25) is 10.1 Å². The van der Waals surface area contributed by atoms with Gasteiger partial charge >= 0.3 is 5.97 Å². The van der Waals surface area contributed by atoms with Crippen molar-refractivity contribution in [3.8, 4) is 0 Å². The van der Waals surface area contributed by atoms with Crippen LogP contribution in [0.15, 0.2) is 12.7 Å². The lowest BCUT2D eigenvalue weighted by molar-refractivity contribution is -0.157. The molecule has 2 atom stereocenters. The fourth-order valence-electron chi connectivity index (χ4n) is 1.52. The van der Waals surface area contributed by atoms with Crippen molar-refractivity contribution in [2.24, 2.45) is 0 Å². The third-order valence-electron chi connectivity index (χ3n) is 2.16. The quantitative estimate of drug-likeness (QED) is 0.540. The van der Waals surface area contributed by atoms with Gasteiger partial charge in [-0.25, -0.2) is 0 Å². The van der Waals surface area contributed by atoms with Gasteiger partial charge in [0.05, 0.1) is 0 Å². The first-order chi connectivity index (χ1) is 6.42. The average Bonchev–Trinajstić information content (AvgIpc) is 2.48. The van der Waals surface area contributed by atoms with Crippen LogP contribution in [0.5, 0.6) is 0 Å². The van der Waals surface area contributed by atoms with Gasteiger partial charge in [0.2, 0.25) is 0 Å². The molecule has 0 radical (unpaired) electrons. The van der Waals surface area contributed by atoms with E-state index in [1.807, 2.05) is 26.8 Å². The minimum absolute atomic E-state index is 0.151. The Morgan fingerprint density at radius 1 is 1.50 bits per heavy atom. The number of esters is 1. The van der Waals surface area contributed by atoms with Crippen molar-refractivity contribution in [2.45, 2.75) is 51.3 Å². The van der Waals surface area contributed by atoms with E-state index in [9.17, 15) is 4.79 Å². The van der Waals surface area contributed by atoms with Crippen LogP contribution in [0.3, 0.4) is 0 Å². The minimum Gasteiger partial charge on any atom is -0.459 e. The van der Waals surface area contributed by atoms with E-state index in [-0.39, 0.29) is 18.1 Å². The maximum absolute atomic E-state index is 11.6. The number of nitrogens with one attached hydrogen (secondary N) is 1. The summed E-state index contributed by atoms with van der Waals surface area (Å²) in [5, 5.41) is 3.17. The molecule has 3 nitrogen and oxygen atoms in total. The fraction of sp³-hybridized carbons (Fsp3) is 0.727. The predicted molar refractivity (Wildman–Crippen MR) is 56.0 cm³/mol. The second kappa shape index (κ2) is 4.13. The summed E-state index contributed by atoms with van der Waals surface area (Å²) < 4.78 is 5.28. The maximum atomic E-state index is 11.6. The summed E-state index contributed by atoms with van der Waals surface area (Å²) in [5.74, 6) is -0.151. The Morgan fingerprint density at radius 2 is 2.14 bits per heavy atom. The van der Waals surface area contributed by atoms with Crippen LogP contribution in [0.25, 0.3) is 0 Å². The van der Waals surface area contributed by atoms with Gasteiger partial charge in [0.15, 0.2) is 0 Å².